The molecule has 3 rings (SSSR count). The van der Waals surface area contributed by atoms with E-state index in [0.717, 1.165) is 16.7 Å². The van der Waals surface area contributed by atoms with Crippen LogP contribution in [0.3, 0.4) is 0 Å². The van der Waals surface area contributed by atoms with Gasteiger partial charge < -0.3 is 9.47 Å². The maximum Gasteiger partial charge on any atom is 0.298 e. The number of halogens is 2. The van der Waals surface area contributed by atoms with Crippen molar-refractivity contribution in [2.75, 3.05) is 18.1 Å². The second-order valence-electron chi connectivity index (χ2n) is 5.83. The number of para-hydroxylation sites is 1. The molecule has 2 amide bonds. The van der Waals surface area contributed by atoms with Crippen LogP contribution in [0.5, 0.6) is 11.5 Å². The predicted octanol–water partition coefficient (Wildman–Crippen LogP) is 6.31. The van der Waals surface area contributed by atoms with E-state index in [2.05, 4.69) is 22.5 Å². The second-order valence-corrected chi connectivity index (χ2v) is 8.09. The van der Waals surface area contributed by atoms with Crippen molar-refractivity contribution in [3.05, 3.63) is 69.0 Å². The molecule has 5 nitrogen and oxygen atoms in total. The number of amides is 2. The lowest BCUT2D eigenvalue weighted by Crippen LogP contribution is -2.27. The highest BCUT2D eigenvalue weighted by atomic mass is 79.9. The molecule has 1 aliphatic heterocycles. The lowest BCUT2D eigenvalue weighted by Gasteiger charge is -2.14. The van der Waals surface area contributed by atoms with E-state index in [9.17, 15) is 9.59 Å². The van der Waals surface area contributed by atoms with Gasteiger partial charge in [-0.2, -0.15) is 0 Å². The molecule has 0 unspecified atom stereocenters. The first-order valence-corrected chi connectivity index (χ1v) is 10.7. The summed E-state index contributed by atoms with van der Waals surface area (Å²) in [5.41, 5.74) is 1.06. The lowest BCUT2D eigenvalue weighted by molar-refractivity contribution is -0.113. The summed E-state index contributed by atoms with van der Waals surface area (Å²) in [5, 5.41) is -0.0643. The molecule has 0 radical (unpaired) electrons. The van der Waals surface area contributed by atoms with Crippen LogP contribution in [-0.2, 0) is 4.79 Å². The standard InChI is InChI=1S/C21H17BrClNO4S/c1-3-9-28-19-14(22)10-13(11-17(19)27-4-2)12-18-20(25)24(21(26)29-18)16-8-6-5-7-15(16)23/h3,5-8,10-12H,1,4,9H2,2H3/b18-12-. The number of thioether (sulfide) groups is 1. The fraction of sp³-hybridized carbons (Fsp3) is 0.143. The summed E-state index contributed by atoms with van der Waals surface area (Å²) in [6, 6.07) is 10.3. The maximum atomic E-state index is 12.9. The van der Waals surface area contributed by atoms with Gasteiger partial charge in [-0.1, -0.05) is 36.4 Å². The molecule has 1 fully saturated rings. The minimum atomic E-state index is -0.422. The predicted molar refractivity (Wildman–Crippen MR) is 121 cm³/mol. The summed E-state index contributed by atoms with van der Waals surface area (Å²) in [6.45, 7) is 6.29. The summed E-state index contributed by atoms with van der Waals surface area (Å²) in [7, 11) is 0. The van der Waals surface area contributed by atoms with Crippen molar-refractivity contribution < 1.29 is 19.1 Å². The lowest BCUT2D eigenvalue weighted by atomic mass is 10.1. The zero-order chi connectivity index (χ0) is 21.0. The first kappa shape index (κ1) is 21.5. The maximum absolute atomic E-state index is 12.9. The summed E-state index contributed by atoms with van der Waals surface area (Å²) < 4.78 is 12.0. The van der Waals surface area contributed by atoms with Crippen LogP contribution in [0, 0.1) is 0 Å². The molecule has 0 N–H and O–H groups in total. The molecule has 0 aliphatic carbocycles. The van der Waals surface area contributed by atoms with Gasteiger partial charge in [0.2, 0.25) is 0 Å². The summed E-state index contributed by atoms with van der Waals surface area (Å²) in [5.74, 6) is 0.655. The van der Waals surface area contributed by atoms with Crippen molar-refractivity contribution in [2.24, 2.45) is 0 Å². The Hall–Kier alpha value is -2.22. The molecule has 0 bridgehead atoms. The number of hydrogen-bond donors (Lipinski definition) is 0. The van der Waals surface area contributed by atoms with E-state index >= 15 is 0 Å². The van der Waals surface area contributed by atoms with E-state index in [1.54, 1.807) is 48.6 Å². The van der Waals surface area contributed by atoms with Crippen LogP contribution in [0.25, 0.3) is 6.08 Å². The quantitative estimate of drug-likeness (QED) is 0.334. The van der Waals surface area contributed by atoms with Crippen LogP contribution in [0.15, 0.2) is 58.4 Å². The van der Waals surface area contributed by atoms with E-state index in [1.165, 1.54) is 0 Å². The zero-order valence-corrected chi connectivity index (χ0v) is 18.6. The minimum Gasteiger partial charge on any atom is -0.490 e. The monoisotopic (exact) mass is 493 g/mol. The zero-order valence-electron chi connectivity index (χ0n) is 15.5. The molecule has 1 heterocycles. The highest BCUT2D eigenvalue weighted by Gasteiger charge is 2.37. The average Bonchev–Trinajstić information content (AvgIpc) is 2.95. The van der Waals surface area contributed by atoms with Gasteiger partial charge in [-0.25, -0.2) is 4.90 Å². The van der Waals surface area contributed by atoms with Crippen molar-refractivity contribution in [2.45, 2.75) is 6.92 Å². The highest BCUT2D eigenvalue weighted by Crippen LogP contribution is 2.41. The van der Waals surface area contributed by atoms with Crippen molar-refractivity contribution in [1.82, 2.24) is 0 Å². The molecule has 150 valence electrons. The molecule has 1 aliphatic rings. The fourth-order valence-electron chi connectivity index (χ4n) is 2.68. The Labute approximate surface area is 186 Å². The number of carbonyl (C=O) groups excluding carboxylic acids is 2. The first-order chi connectivity index (χ1) is 14.0. The van der Waals surface area contributed by atoms with E-state index < -0.39 is 11.1 Å². The molecule has 0 spiro atoms. The molecule has 2 aromatic carbocycles. The largest absolute Gasteiger partial charge is 0.490 e. The van der Waals surface area contributed by atoms with Crippen LogP contribution < -0.4 is 14.4 Å². The highest BCUT2D eigenvalue weighted by molar-refractivity contribution is 9.10. The smallest absolute Gasteiger partial charge is 0.298 e. The van der Waals surface area contributed by atoms with Gasteiger partial charge in [0.25, 0.3) is 11.1 Å². The van der Waals surface area contributed by atoms with Crippen LogP contribution in [0.2, 0.25) is 5.02 Å². The number of anilines is 1. The Morgan fingerprint density at radius 3 is 2.69 bits per heavy atom. The molecule has 1 saturated heterocycles. The van der Waals surface area contributed by atoms with Gasteiger partial charge in [-0.15, -0.1) is 0 Å². The molecule has 29 heavy (non-hydrogen) atoms. The third-order valence-electron chi connectivity index (χ3n) is 3.86. The molecular weight excluding hydrogens is 478 g/mol. The van der Waals surface area contributed by atoms with E-state index in [0.29, 0.717) is 50.4 Å². The van der Waals surface area contributed by atoms with Crippen LogP contribution >= 0.6 is 39.3 Å². The first-order valence-electron chi connectivity index (χ1n) is 8.68. The number of ether oxygens (including phenoxy) is 2. The SMILES string of the molecule is C=CCOc1c(Br)cc(/C=C2\SC(=O)N(c3ccccc3Cl)C2=O)cc1OCC. The summed E-state index contributed by atoms with van der Waals surface area (Å²) in [4.78, 5) is 26.7. The number of hydrogen-bond acceptors (Lipinski definition) is 5. The molecule has 2 aromatic rings. The Balaban J connectivity index is 1.96. The van der Waals surface area contributed by atoms with E-state index in [4.69, 9.17) is 21.1 Å². The number of imide groups is 1. The Morgan fingerprint density at radius 2 is 2.00 bits per heavy atom. The Kier molecular flexibility index (Phi) is 7.05. The normalized spacial score (nSPS) is 15.1. The van der Waals surface area contributed by atoms with Gasteiger partial charge in [0.15, 0.2) is 11.5 Å². The number of benzene rings is 2. The molecule has 0 saturated carbocycles. The van der Waals surface area contributed by atoms with Crippen molar-refractivity contribution in [3.63, 3.8) is 0 Å². The van der Waals surface area contributed by atoms with Gasteiger partial charge >= 0.3 is 0 Å². The summed E-state index contributed by atoms with van der Waals surface area (Å²) >= 11 is 10.5. The fourth-order valence-corrected chi connectivity index (χ4v) is 4.31. The number of carbonyl (C=O) groups is 2. The van der Waals surface area contributed by atoms with Crippen LogP contribution in [-0.4, -0.2) is 24.4 Å². The van der Waals surface area contributed by atoms with Crippen LogP contribution in [0.1, 0.15) is 12.5 Å². The number of rotatable bonds is 7. The topological polar surface area (TPSA) is 55.8 Å². The Bertz CT molecular complexity index is 1010. The van der Waals surface area contributed by atoms with Crippen molar-refractivity contribution in [1.29, 1.82) is 0 Å². The second kappa shape index (κ2) is 9.52. The van der Waals surface area contributed by atoms with Crippen molar-refractivity contribution >= 4 is 62.2 Å². The summed E-state index contributed by atoms with van der Waals surface area (Å²) in [6.07, 6.45) is 3.28. The molecular formula is C21H17BrClNO4S. The van der Waals surface area contributed by atoms with Gasteiger partial charge in [-0.05, 0) is 70.5 Å². The minimum absolute atomic E-state index is 0.295. The third-order valence-corrected chi connectivity index (χ3v) is 5.64. The van der Waals surface area contributed by atoms with Crippen LogP contribution in [0.4, 0.5) is 10.5 Å². The average molecular weight is 495 g/mol. The van der Waals surface area contributed by atoms with Gasteiger partial charge in [-0.3, -0.25) is 9.59 Å². The van der Waals surface area contributed by atoms with Gasteiger partial charge in [0.05, 0.1) is 26.7 Å². The van der Waals surface area contributed by atoms with Gasteiger partial charge in [0, 0.05) is 0 Å². The molecule has 0 atom stereocenters. The van der Waals surface area contributed by atoms with Crippen molar-refractivity contribution in [3.8, 4) is 11.5 Å². The molecule has 0 aromatic heterocycles. The van der Waals surface area contributed by atoms with E-state index in [-0.39, 0.29) is 0 Å². The Morgan fingerprint density at radius 1 is 1.24 bits per heavy atom. The molecule has 8 heteroatoms. The van der Waals surface area contributed by atoms with Gasteiger partial charge in [0.1, 0.15) is 6.61 Å². The van der Waals surface area contributed by atoms with E-state index in [1.807, 2.05) is 6.92 Å². The third kappa shape index (κ3) is 4.69. The number of nitrogens with zero attached hydrogens (tertiary/aromatic N) is 1.